The van der Waals surface area contributed by atoms with E-state index in [0.29, 0.717) is 25.9 Å². The molecular formula is C17H21BrN2O5S. The van der Waals surface area contributed by atoms with Crippen molar-refractivity contribution in [2.24, 2.45) is 0 Å². The van der Waals surface area contributed by atoms with Crippen LogP contribution in [0, 0.1) is 0 Å². The van der Waals surface area contributed by atoms with Crippen molar-refractivity contribution in [1.82, 2.24) is 9.62 Å². The number of benzene rings is 1. The molecule has 1 aliphatic carbocycles. The van der Waals surface area contributed by atoms with E-state index < -0.39 is 22.0 Å². The third kappa shape index (κ3) is 3.73. The zero-order valence-corrected chi connectivity index (χ0v) is 16.8. The predicted molar refractivity (Wildman–Crippen MR) is 99.6 cm³/mol. The van der Waals surface area contributed by atoms with E-state index in [9.17, 15) is 23.1 Å². The Morgan fingerprint density at radius 1 is 1.35 bits per heavy atom. The maximum Gasteiger partial charge on any atom is 0.407 e. The number of rotatable bonds is 3. The van der Waals surface area contributed by atoms with Crippen molar-refractivity contribution >= 4 is 38.0 Å². The fraction of sp³-hybridized carbons (Fsp3) is 0.529. The highest BCUT2D eigenvalue weighted by molar-refractivity contribution is 9.10. The Balaban J connectivity index is 1.87. The third-order valence-corrected chi connectivity index (χ3v) is 6.63. The van der Waals surface area contributed by atoms with Crippen molar-refractivity contribution in [1.29, 1.82) is 0 Å². The number of carboxylic acid groups (broad SMARTS) is 1. The summed E-state index contributed by atoms with van der Waals surface area (Å²) in [6, 6.07) is 5.86. The van der Waals surface area contributed by atoms with Crippen LogP contribution in [0.1, 0.15) is 42.7 Å². The average Bonchev–Trinajstić information content (AvgIpc) is 2.80. The summed E-state index contributed by atoms with van der Waals surface area (Å²) >= 11 is 3.62. The lowest BCUT2D eigenvalue weighted by Gasteiger charge is -2.39. The number of carbonyl (C=O) groups is 2. The fourth-order valence-electron chi connectivity index (χ4n) is 4.36. The number of hydrogen-bond acceptors (Lipinski definition) is 4. The summed E-state index contributed by atoms with van der Waals surface area (Å²) in [6.07, 6.45) is 2.26. The van der Waals surface area contributed by atoms with Gasteiger partial charge in [-0.15, -0.1) is 0 Å². The van der Waals surface area contributed by atoms with E-state index in [-0.39, 0.29) is 17.8 Å². The van der Waals surface area contributed by atoms with Gasteiger partial charge in [0.1, 0.15) is 0 Å². The van der Waals surface area contributed by atoms with Gasteiger partial charge in [-0.1, -0.05) is 28.1 Å². The van der Waals surface area contributed by atoms with Crippen molar-refractivity contribution in [3.63, 3.8) is 0 Å². The minimum Gasteiger partial charge on any atom is -0.465 e. The number of fused-ring (bicyclic) bond motifs is 2. The Bertz CT molecular complexity index is 847. The number of nitrogens with zero attached hydrogens (tertiary/aromatic N) is 1. The Kier molecular flexibility index (Phi) is 5.04. The van der Waals surface area contributed by atoms with Gasteiger partial charge in [-0.05, 0) is 42.4 Å². The van der Waals surface area contributed by atoms with Crippen molar-refractivity contribution in [2.75, 3.05) is 19.3 Å². The van der Waals surface area contributed by atoms with Crippen LogP contribution in [-0.4, -0.2) is 49.8 Å². The normalized spacial score (nSPS) is 21.5. The first-order valence-electron chi connectivity index (χ1n) is 8.39. The molecule has 1 spiro atoms. The Hall–Kier alpha value is -1.61. The predicted octanol–water partition coefficient (Wildman–Crippen LogP) is 2.41. The lowest BCUT2D eigenvalue weighted by molar-refractivity contribution is -0.119. The van der Waals surface area contributed by atoms with E-state index in [2.05, 4.69) is 15.9 Å². The molecule has 1 aliphatic heterocycles. The molecule has 1 atom stereocenters. The van der Waals surface area contributed by atoms with Crippen LogP contribution >= 0.6 is 15.9 Å². The first-order valence-corrected chi connectivity index (χ1v) is 11.1. The highest BCUT2D eigenvalue weighted by atomic mass is 79.9. The molecule has 1 aromatic carbocycles. The molecule has 0 radical (unpaired) electrons. The van der Waals surface area contributed by atoms with Crippen molar-refractivity contribution in [2.45, 2.75) is 37.0 Å². The summed E-state index contributed by atoms with van der Waals surface area (Å²) < 4.78 is 25.6. The van der Waals surface area contributed by atoms with Crippen molar-refractivity contribution in [3.8, 4) is 0 Å². The number of nitrogens with one attached hydrogen (secondary N) is 1. The molecule has 26 heavy (non-hydrogen) atoms. The van der Waals surface area contributed by atoms with Gasteiger partial charge in [-0.3, -0.25) is 9.52 Å². The van der Waals surface area contributed by atoms with Gasteiger partial charge in [-0.25, -0.2) is 13.2 Å². The number of halogens is 1. The Labute approximate surface area is 160 Å². The van der Waals surface area contributed by atoms with Crippen molar-refractivity contribution < 1.29 is 23.1 Å². The molecular weight excluding hydrogens is 424 g/mol. The van der Waals surface area contributed by atoms with Crippen LogP contribution in [-0.2, 0) is 20.2 Å². The van der Waals surface area contributed by atoms with Gasteiger partial charge in [0.15, 0.2) is 0 Å². The first-order chi connectivity index (χ1) is 12.1. The van der Waals surface area contributed by atoms with Gasteiger partial charge in [0, 0.05) is 29.4 Å². The largest absolute Gasteiger partial charge is 0.465 e. The van der Waals surface area contributed by atoms with Gasteiger partial charge in [-0.2, -0.15) is 0 Å². The number of sulfonamides is 1. The third-order valence-electron chi connectivity index (χ3n) is 5.38. The molecule has 1 unspecified atom stereocenters. The SMILES string of the molecule is CS(=O)(=O)NC(=O)CC1CC2(CCN(C(=O)O)CC2)c2c(Br)cccc21. The van der Waals surface area contributed by atoms with Crippen LogP contribution in [0.5, 0.6) is 0 Å². The molecule has 0 aromatic heterocycles. The molecule has 0 bridgehead atoms. The number of carbonyl (C=O) groups excluding carboxylic acids is 1. The Morgan fingerprint density at radius 3 is 2.58 bits per heavy atom. The van der Waals surface area contributed by atoms with E-state index in [1.54, 1.807) is 0 Å². The summed E-state index contributed by atoms with van der Waals surface area (Å²) in [5.74, 6) is -0.593. The highest BCUT2D eigenvalue weighted by Crippen LogP contribution is 2.54. The van der Waals surface area contributed by atoms with E-state index in [1.165, 1.54) is 4.90 Å². The van der Waals surface area contributed by atoms with Crippen LogP contribution in [0.2, 0.25) is 0 Å². The van der Waals surface area contributed by atoms with Gasteiger partial charge in [0.2, 0.25) is 15.9 Å². The van der Waals surface area contributed by atoms with Crippen LogP contribution in [0.3, 0.4) is 0 Å². The van der Waals surface area contributed by atoms with E-state index in [0.717, 1.165) is 28.3 Å². The molecule has 1 aromatic rings. The zero-order valence-electron chi connectivity index (χ0n) is 14.4. The first kappa shape index (κ1) is 19.2. The smallest absolute Gasteiger partial charge is 0.407 e. The van der Waals surface area contributed by atoms with Gasteiger partial charge < -0.3 is 10.0 Å². The van der Waals surface area contributed by atoms with Crippen LogP contribution < -0.4 is 4.72 Å². The molecule has 2 amide bonds. The minimum atomic E-state index is -3.58. The summed E-state index contributed by atoms with van der Waals surface area (Å²) in [5.41, 5.74) is 2.01. The van der Waals surface area contributed by atoms with Crippen LogP contribution in [0.15, 0.2) is 22.7 Å². The summed E-state index contributed by atoms with van der Waals surface area (Å²) in [5, 5.41) is 9.21. The topological polar surface area (TPSA) is 104 Å². The molecule has 7 nitrogen and oxygen atoms in total. The molecule has 1 saturated heterocycles. The molecule has 1 heterocycles. The summed E-state index contributed by atoms with van der Waals surface area (Å²) in [6.45, 7) is 0.913. The standard InChI is InChI=1S/C17H21BrN2O5S/c1-26(24,25)19-14(21)9-11-10-17(5-7-20(8-6-17)16(22)23)15-12(11)3-2-4-13(15)18/h2-4,11H,5-10H2,1H3,(H,19,21)(H,22,23). The van der Waals surface area contributed by atoms with E-state index in [1.807, 2.05) is 22.9 Å². The quantitative estimate of drug-likeness (QED) is 0.744. The maximum absolute atomic E-state index is 12.1. The number of hydrogen-bond donors (Lipinski definition) is 2. The minimum absolute atomic E-state index is 0.0828. The molecule has 3 rings (SSSR count). The van der Waals surface area contributed by atoms with E-state index >= 15 is 0 Å². The summed E-state index contributed by atoms with van der Waals surface area (Å²) in [4.78, 5) is 24.8. The van der Waals surface area contributed by atoms with Gasteiger partial charge in [0.25, 0.3) is 0 Å². The molecule has 2 aliphatic rings. The summed E-state index contributed by atoms with van der Waals surface area (Å²) in [7, 11) is -3.58. The van der Waals surface area contributed by atoms with Crippen molar-refractivity contribution in [3.05, 3.63) is 33.8 Å². The average molecular weight is 445 g/mol. The monoisotopic (exact) mass is 444 g/mol. The number of likely N-dealkylation sites (tertiary alicyclic amines) is 1. The second kappa shape index (κ2) is 6.84. The highest BCUT2D eigenvalue weighted by Gasteiger charge is 2.47. The van der Waals surface area contributed by atoms with Gasteiger partial charge >= 0.3 is 6.09 Å². The second-order valence-electron chi connectivity index (χ2n) is 7.16. The Morgan fingerprint density at radius 2 is 2.00 bits per heavy atom. The second-order valence-corrected chi connectivity index (χ2v) is 9.76. The maximum atomic E-state index is 12.1. The van der Waals surface area contributed by atoms with Gasteiger partial charge in [0.05, 0.1) is 6.26 Å². The lowest BCUT2D eigenvalue weighted by atomic mass is 9.73. The van der Waals surface area contributed by atoms with Crippen LogP contribution in [0.4, 0.5) is 4.79 Å². The zero-order chi connectivity index (χ0) is 19.1. The molecule has 0 saturated carbocycles. The molecule has 1 fully saturated rings. The molecule has 142 valence electrons. The van der Waals surface area contributed by atoms with Crippen LogP contribution in [0.25, 0.3) is 0 Å². The lowest BCUT2D eigenvalue weighted by Crippen LogP contribution is -2.44. The number of piperidine rings is 1. The number of amides is 2. The van der Waals surface area contributed by atoms with E-state index in [4.69, 9.17) is 0 Å². The molecule has 9 heteroatoms. The fourth-order valence-corrected chi connectivity index (χ4v) is 5.66. The molecule has 2 N–H and O–H groups in total.